The van der Waals surface area contributed by atoms with E-state index in [4.69, 9.17) is 10.2 Å². The first-order chi connectivity index (χ1) is 5.11. The first-order valence-electron chi connectivity index (χ1n) is 3.14. The Morgan fingerprint density at radius 2 is 2.00 bits per heavy atom. The summed E-state index contributed by atoms with van der Waals surface area (Å²) < 4.78 is 0. The van der Waals surface area contributed by atoms with Crippen LogP contribution in [-0.4, -0.2) is 16.2 Å². The van der Waals surface area contributed by atoms with E-state index in [0.717, 1.165) is 5.56 Å². The number of carbonyl (C=O) groups is 1. The largest absolute Gasteiger partial charge is 3.00 e. The summed E-state index contributed by atoms with van der Waals surface area (Å²) in [7, 11) is 0. The van der Waals surface area contributed by atoms with Crippen LogP contribution in [0.2, 0.25) is 0 Å². The van der Waals surface area contributed by atoms with E-state index >= 15 is 0 Å². The number of phenols is 1. The normalized spacial score (nSPS) is 8.75. The van der Waals surface area contributed by atoms with Gasteiger partial charge >= 0.3 is 23.0 Å². The van der Waals surface area contributed by atoms with Crippen LogP contribution in [-0.2, 0) is 17.1 Å². The second-order valence-corrected chi connectivity index (χ2v) is 2.33. The molecule has 0 saturated carbocycles. The zero-order valence-corrected chi connectivity index (χ0v) is 7.49. The number of aromatic hydroxyl groups is 1. The van der Waals surface area contributed by atoms with E-state index in [1.165, 1.54) is 12.1 Å². The molecule has 1 radical (unpaired) electrons. The van der Waals surface area contributed by atoms with E-state index in [2.05, 4.69) is 0 Å². The summed E-state index contributed by atoms with van der Waals surface area (Å²) >= 11 is 0. The third kappa shape index (κ3) is 2.26. The van der Waals surface area contributed by atoms with Crippen molar-refractivity contribution in [2.75, 3.05) is 0 Å². The van der Waals surface area contributed by atoms with Gasteiger partial charge in [0, 0.05) is 0 Å². The summed E-state index contributed by atoms with van der Waals surface area (Å²) in [5.41, 5.74) is 0.769. The second-order valence-electron chi connectivity index (χ2n) is 2.33. The summed E-state index contributed by atoms with van der Waals surface area (Å²) in [5, 5.41) is 17.6. The molecule has 3 nitrogen and oxygen atoms in total. The summed E-state index contributed by atoms with van der Waals surface area (Å²) in [6.45, 7) is 1.77. The van der Waals surface area contributed by atoms with Crippen LogP contribution in [0.4, 0.5) is 0 Å². The van der Waals surface area contributed by atoms with Gasteiger partial charge in [-0.05, 0) is 19.1 Å². The maximum absolute atomic E-state index is 10.4. The Bertz CT molecular complexity index is 296. The Labute approximate surface area is 80.5 Å². The SMILES string of the molecule is Cc1ccc(O)c(C(=O)O)c1.[Fe+3]. The monoisotopic (exact) mass is 208 g/mol. The molecule has 1 aromatic rings. The average molecular weight is 208 g/mol. The van der Waals surface area contributed by atoms with E-state index in [-0.39, 0.29) is 28.4 Å². The zero-order valence-electron chi connectivity index (χ0n) is 6.39. The molecule has 2 N–H and O–H groups in total. The minimum atomic E-state index is -1.11. The predicted octanol–water partition coefficient (Wildman–Crippen LogP) is 1.40. The molecule has 0 aromatic heterocycles. The van der Waals surface area contributed by atoms with Crippen molar-refractivity contribution in [3.8, 4) is 5.75 Å². The molecule has 0 spiro atoms. The molecular weight excluding hydrogens is 200 g/mol. The van der Waals surface area contributed by atoms with Gasteiger partial charge in [-0.1, -0.05) is 11.6 Å². The van der Waals surface area contributed by atoms with Crippen LogP contribution < -0.4 is 0 Å². The van der Waals surface area contributed by atoms with Crippen LogP contribution in [0, 0.1) is 6.92 Å². The minimum absolute atomic E-state index is 0. The van der Waals surface area contributed by atoms with Gasteiger partial charge in [-0.25, -0.2) is 4.79 Å². The third-order valence-electron chi connectivity index (χ3n) is 1.38. The Hall–Kier alpha value is -0.991. The zero-order chi connectivity index (χ0) is 8.43. The number of aromatic carboxylic acids is 1. The van der Waals surface area contributed by atoms with E-state index in [9.17, 15) is 4.79 Å². The topological polar surface area (TPSA) is 57.5 Å². The average Bonchev–Trinajstić information content (AvgIpc) is 1.94. The maximum Gasteiger partial charge on any atom is 3.00 e. The Kier molecular flexibility index (Phi) is 3.80. The third-order valence-corrected chi connectivity index (χ3v) is 1.38. The molecule has 0 atom stereocenters. The fourth-order valence-electron chi connectivity index (χ4n) is 0.821. The molecule has 0 aliphatic carbocycles. The van der Waals surface area contributed by atoms with Crippen LogP contribution in [0.25, 0.3) is 0 Å². The van der Waals surface area contributed by atoms with Gasteiger partial charge in [-0.3, -0.25) is 0 Å². The van der Waals surface area contributed by atoms with Crippen molar-refractivity contribution in [1.29, 1.82) is 0 Å². The van der Waals surface area contributed by atoms with Gasteiger partial charge in [0.15, 0.2) is 0 Å². The van der Waals surface area contributed by atoms with E-state index in [0.29, 0.717) is 0 Å². The van der Waals surface area contributed by atoms with Crippen LogP contribution >= 0.6 is 0 Å². The van der Waals surface area contributed by atoms with E-state index < -0.39 is 5.97 Å². The predicted molar refractivity (Wildman–Crippen MR) is 39.8 cm³/mol. The number of hydrogen-bond donors (Lipinski definition) is 2. The number of rotatable bonds is 1. The Morgan fingerprint density at radius 3 is 2.42 bits per heavy atom. The molecule has 0 saturated heterocycles. The number of aryl methyl sites for hydroxylation is 1. The summed E-state index contributed by atoms with van der Waals surface area (Å²) in [6, 6.07) is 4.46. The van der Waals surface area contributed by atoms with Gasteiger partial charge in [0.1, 0.15) is 11.3 Å². The van der Waals surface area contributed by atoms with Crippen molar-refractivity contribution in [2.24, 2.45) is 0 Å². The molecule has 0 fully saturated rings. The molecule has 0 bridgehead atoms. The standard InChI is InChI=1S/C8H8O3.Fe/c1-5-2-3-7(9)6(4-5)8(10)11;/h2-4,9H,1H3,(H,10,11);/q;+3. The number of carboxylic acids is 1. The molecule has 12 heavy (non-hydrogen) atoms. The van der Waals surface area contributed by atoms with Crippen molar-refractivity contribution < 1.29 is 32.1 Å². The number of benzene rings is 1. The quantitative estimate of drug-likeness (QED) is 0.685. The second kappa shape index (κ2) is 4.14. The molecule has 1 aromatic carbocycles. The van der Waals surface area contributed by atoms with E-state index in [1.807, 2.05) is 0 Å². The van der Waals surface area contributed by atoms with Crippen LogP contribution in [0.15, 0.2) is 18.2 Å². The molecule has 0 amide bonds. The molecule has 4 heteroatoms. The van der Waals surface area contributed by atoms with Gasteiger partial charge in [0.2, 0.25) is 0 Å². The van der Waals surface area contributed by atoms with E-state index in [1.54, 1.807) is 13.0 Å². The molecule has 0 unspecified atom stereocenters. The molecule has 1 rings (SSSR count). The van der Waals surface area contributed by atoms with Crippen molar-refractivity contribution in [3.63, 3.8) is 0 Å². The van der Waals surface area contributed by atoms with Crippen molar-refractivity contribution in [3.05, 3.63) is 29.3 Å². The van der Waals surface area contributed by atoms with Gasteiger partial charge in [-0.15, -0.1) is 0 Å². The van der Waals surface area contributed by atoms with Crippen LogP contribution in [0.1, 0.15) is 15.9 Å². The fraction of sp³-hybridized carbons (Fsp3) is 0.125. The van der Waals surface area contributed by atoms with Crippen molar-refractivity contribution in [1.82, 2.24) is 0 Å². The molecule has 0 heterocycles. The summed E-state index contributed by atoms with van der Waals surface area (Å²) in [4.78, 5) is 10.4. The maximum atomic E-state index is 10.4. The first kappa shape index (κ1) is 11.0. The summed E-state index contributed by atoms with van der Waals surface area (Å²) in [5.74, 6) is -1.30. The van der Waals surface area contributed by atoms with Gasteiger partial charge < -0.3 is 10.2 Å². The minimum Gasteiger partial charge on any atom is -0.507 e. The van der Waals surface area contributed by atoms with Crippen LogP contribution in [0.5, 0.6) is 5.75 Å². The van der Waals surface area contributed by atoms with Crippen molar-refractivity contribution >= 4 is 5.97 Å². The summed E-state index contributed by atoms with van der Waals surface area (Å²) in [6.07, 6.45) is 0. The van der Waals surface area contributed by atoms with Crippen molar-refractivity contribution in [2.45, 2.75) is 6.92 Å². The molecule has 0 aliphatic heterocycles. The number of hydrogen-bond acceptors (Lipinski definition) is 2. The molecular formula is C8H8FeO3+3. The smallest absolute Gasteiger partial charge is 0.507 e. The molecule has 63 valence electrons. The van der Waals surface area contributed by atoms with Gasteiger partial charge in [0.25, 0.3) is 0 Å². The molecule has 0 aliphatic rings. The van der Waals surface area contributed by atoms with Gasteiger partial charge in [0.05, 0.1) is 0 Å². The van der Waals surface area contributed by atoms with Gasteiger partial charge in [-0.2, -0.15) is 0 Å². The number of carboxylic acid groups (broad SMARTS) is 1. The fourth-order valence-corrected chi connectivity index (χ4v) is 0.821. The Balaban J connectivity index is 0.00000121. The van der Waals surface area contributed by atoms with Crippen LogP contribution in [0.3, 0.4) is 0 Å². The first-order valence-corrected chi connectivity index (χ1v) is 3.14. The Morgan fingerprint density at radius 1 is 1.42 bits per heavy atom.